The van der Waals surface area contributed by atoms with E-state index in [1.165, 1.54) is 0 Å². The summed E-state index contributed by atoms with van der Waals surface area (Å²) in [6.07, 6.45) is 0. The van der Waals surface area contributed by atoms with Gasteiger partial charge in [0, 0.05) is 22.1 Å². The second kappa shape index (κ2) is 5.46. The van der Waals surface area contributed by atoms with E-state index in [1.807, 2.05) is 12.1 Å². The molecule has 2 aromatic rings. The molecule has 4 rings (SSSR count). The molecular weight excluding hydrogens is 328 g/mol. The third-order valence-corrected chi connectivity index (χ3v) is 3.97. The maximum Gasteiger partial charge on any atom is 0.562 e. The van der Waals surface area contributed by atoms with Crippen molar-refractivity contribution in [3.63, 3.8) is 0 Å². The van der Waals surface area contributed by atoms with Gasteiger partial charge in [0.25, 0.3) is 0 Å². The summed E-state index contributed by atoms with van der Waals surface area (Å²) < 4.78 is 0. The summed E-state index contributed by atoms with van der Waals surface area (Å²) in [6, 6.07) is 10.7. The summed E-state index contributed by atoms with van der Waals surface area (Å²) in [5, 5.41) is 27.0. The van der Waals surface area contributed by atoms with Crippen molar-refractivity contribution in [2.24, 2.45) is 9.98 Å². The van der Waals surface area contributed by atoms with Gasteiger partial charge in [0.2, 0.25) is 5.82 Å². The Labute approximate surface area is 147 Å². The minimum atomic E-state index is -0.134. The van der Waals surface area contributed by atoms with E-state index in [1.54, 1.807) is 24.3 Å². The molecule has 0 spiro atoms. The SMILES string of the molecule is [C-]#[N+]C([N+]#[C-])=C1N=c2ccc3c4c(ccc(c24)N1)=NC(=C(C#N)C#N)N3. The van der Waals surface area contributed by atoms with Crippen LogP contribution in [-0.4, -0.2) is 0 Å². The molecule has 8 heteroatoms. The number of rotatable bonds is 0. The lowest BCUT2D eigenvalue weighted by molar-refractivity contribution is 1.15. The Morgan fingerprint density at radius 1 is 0.846 bits per heavy atom. The van der Waals surface area contributed by atoms with Crippen molar-refractivity contribution in [1.82, 2.24) is 0 Å². The van der Waals surface area contributed by atoms with Crippen molar-refractivity contribution < 1.29 is 0 Å². The van der Waals surface area contributed by atoms with Crippen molar-refractivity contribution in [1.29, 1.82) is 10.5 Å². The van der Waals surface area contributed by atoms with Crippen LogP contribution in [0.25, 0.3) is 20.5 Å². The lowest BCUT2D eigenvalue weighted by atomic mass is 10.0. The Balaban J connectivity index is 2.12. The van der Waals surface area contributed by atoms with Crippen molar-refractivity contribution in [2.75, 3.05) is 10.6 Å². The predicted molar refractivity (Wildman–Crippen MR) is 92.0 cm³/mol. The number of nitrogens with zero attached hydrogens (tertiary/aromatic N) is 6. The van der Waals surface area contributed by atoms with Gasteiger partial charge in [-0.3, -0.25) is 0 Å². The van der Waals surface area contributed by atoms with Gasteiger partial charge >= 0.3 is 5.82 Å². The molecule has 8 nitrogen and oxygen atoms in total. The highest BCUT2D eigenvalue weighted by atomic mass is 15.1. The van der Waals surface area contributed by atoms with E-state index in [0.29, 0.717) is 22.1 Å². The van der Waals surface area contributed by atoms with Crippen LogP contribution in [0.3, 0.4) is 0 Å². The van der Waals surface area contributed by atoms with Crippen LogP contribution < -0.4 is 21.3 Å². The average Bonchev–Trinajstić information content (AvgIpc) is 2.67. The fourth-order valence-electron chi connectivity index (χ4n) is 2.89. The molecule has 2 aliphatic heterocycles. The predicted octanol–water partition coefficient (Wildman–Crippen LogP) is 2.15. The minimum Gasteiger partial charge on any atom is -0.342 e. The van der Waals surface area contributed by atoms with E-state index in [0.717, 1.165) is 10.8 Å². The van der Waals surface area contributed by atoms with Gasteiger partial charge < -0.3 is 10.6 Å². The Kier molecular flexibility index (Phi) is 3.13. The maximum absolute atomic E-state index is 9.07. The zero-order valence-corrected chi connectivity index (χ0v) is 13.0. The molecule has 0 unspecified atom stereocenters. The molecule has 2 heterocycles. The molecule has 0 amide bonds. The molecule has 0 aromatic heterocycles. The highest BCUT2D eigenvalue weighted by Crippen LogP contribution is 2.31. The molecule has 0 radical (unpaired) electrons. The first-order chi connectivity index (χ1) is 12.7. The quantitative estimate of drug-likeness (QED) is 0.569. The van der Waals surface area contributed by atoms with E-state index in [2.05, 4.69) is 30.3 Å². The highest BCUT2D eigenvalue weighted by Gasteiger charge is 2.23. The molecule has 0 atom stereocenters. The van der Waals surface area contributed by atoms with Gasteiger partial charge in [0.05, 0.1) is 10.7 Å². The zero-order valence-electron chi connectivity index (χ0n) is 13.0. The zero-order chi connectivity index (χ0) is 18.3. The fourth-order valence-corrected chi connectivity index (χ4v) is 2.89. The summed E-state index contributed by atoms with van der Waals surface area (Å²) in [6.45, 7) is 14.2. The summed E-state index contributed by atoms with van der Waals surface area (Å²) in [7, 11) is 0. The number of nitrogens with one attached hydrogen (secondary N) is 2. The Morgan fingerprint density at radius 3 is 1.85 bits per heavy atom. The largest absolute Gasteiger partial charge is 0.562 e. The second-order valence-corrected chi connectivity index (χ2v) is 5.33. The first kappa shape index (κ1) is 14.9. The molecule has 0 bridgehead atoms. The number of anilines is 2. The Hall–Kier alpha value is -4.66. The number of nitriles is 2. The van der Waals surface area contributed by atoms with Crippen molar-refractivity contribution >= 4 is 22.1 Å². The summed E-state index contributed by atoms with van der Waals surface area (Å²) in [4.78, 5) is 15.2. The monoisotopic (exact) mass is 334 g/mol. The van der Waals surface area contributed by atoms with Gasteiger partial charge in [-0.1, -0.05) is 0 Å². The molecule has 0 saturated heterocycles. The standard InChI is InChI=1S/C18H6N8/c1-21-17(22-2)18-25-12-5-3-10-14-11(4-6-13(26-18)15(12)14)24-16(23-10)9(7-19)8-20/h3-6,23,26H. The number of benzene rings is 2. The van der Waals surface area contributed by atoms with Crippen LogP contribution in [0.1, 0.15) is 0 Å². The van der Waals surface area contributed by atoms with Crippen LogP contribution in [0.5, 0.6) is 0 Å². The van der Waals surface area contributed by atoms with E-state index in [-0.39, 0.29) is 23.0 Å². The number of allylic oxidation sites excluding steroid dienone is 1. The molecule has 2 aromatic carbocycles. The molecule has 2 aliphatic rings. The van der Waals surface area contributed by atoms with Crippen LogP contribution in [0.2, 0.25) is 0 Å². The van der Waals surface area contributed by atoms with E-state index in [9.17, 15) is 0 Å². The molecule has 2 N–H and O–H groups in total. The fraction of sp³-hybridized carbons (Fsp3) is 0. The van der Waals surface area contributed by atoms with E-state index in [4.69, 9.17) is 23.7 Å². The van der Waals surface area contributed by atoms with Gasteiger partial charge in [0.15, 0.2) is 11.4 Å². The molecule has 0 saturated carbocycles. The summed E-state index contributed by atoms with van der Waals surface area (Å²) in [5.74, 6) is 0.281. The normalized spacial score (nSPS) is 12.8. The molecule has 26 heavy (non-hydrogen) atoms. The summed E-state index contributed by atoms with van der Waals surface area (Å²) >= 11 is 0. The number of hydrogen-bond donors (Lipinski definition) is 2. The smallest absolute Gasteiger partial charge is 0.342 e. The van der Waals surface area contributed by atoms with Crippen LogP contribution in [0.15, 0.2) is 57.3 Å². The third kappa shape index (κ3) is 1.98. The van der Waals surface area contributed by atoms with E-state index < -0.39 is 0 Å². The first-order valence-corrected chi connectivity index (χ1v) is 7.31. The van der Waals surface area contributed by atoms with Gasteiger partial charge in [0.1, 0.15) is 25.3 Å². The van der Waals surface area contributed by atoms with Crippen LogP contribution in [0.4, 0.5) is 11.4 Å². The van der Waals surface area contributed by atoms with Crippen LogP contribution in [-0.2, 0) is 0 Å². The van der Waals surface area contributed by atoms with Crippen LogP contribution >= 0.6 is 0 Å². The topological polar surface area (TPSA) is 105 Å². The third-order valence-electron chi connectivity index (χ3n) is 3.97. The second-order valence-electron chi connectivity index (χ2n) is 5.33. The maximum atomic E-state index is 9.07. The average molecular weight is 334 g/mol. The lowest BCUT2D eigenvalue weighted by Crippen LogP contribution is -2.23. The van der Waals surface area contributed by atoms with Crippen LogP contribution in [0, 0.1) is 35.8 Å². The molecule has 118 valence electrons. The first-order valence-electron chi connectivity index (χ1n) is 7.31. The van der Waals surface area contributed by atoms with Gasteiger partial charge in [-0.2, -0.15) is 20.2 Å². The van der Waals surface area contributed by atoms with Gasteiger partial charge in [-0.05, 0) is 24.3 Å². The van der Waals surface area contributed by atoms with Crippen molar-refractivity contribution in [3.8, 4) is 12.1 Å². The van der Waals surface area contributed by atoms with Gasteiger partial charge in [-0.15, -0.1) is 0 Å². The molecule has 0 aliphatic carbocycles. The number of hydrogen-bond acceptors (Lipinski definition) is 6. The molecule has 0 fully saturated rings. The van der Waals surface area contributed by atoms with E-state index >= 15 is 0 Å². The highest BCUT2D eigenvalue weighted by molar-refractivity contribution is 6.03. The minimum absolute atomic E-state index is 0.101. The van der Waals surface area contributed by atoms with Crippen molar-refractivity contribution in [3.05, 3.63) is 80.9 Å². The van der Waals surface area contributed by atoms with Crippen molar-refractivity contribution in [2.45, 2.75) is 0 Å². The molecular formula is C18H6N8. The summed E-state index contributed by atoms with van der Waals surface area (Å²) in [5.41, 5.74) is 1.31. The Morgan fingerprint density at radius 2 is 1.35 bits per heavy atom. The lowest BCUT2D eigenvalue weighted by Gasteiger charge is -2.20. The Bertz CT molecular complexity index is 1230. The van der Waals surface area contributed by atoms with Gasteiger partial charge in [-0.25, -0.2) is 9.98 Å².